The Morgan fingerprint density at radius 3 is 2.77 bits per heavy atom. The first-order valence-corrected chi connectivity index (χ1v) is 9.96. The van der Waals surface area contributed by atoms with E-state index in [1.165, 1.54) is 0 Å². The molecule has 26 heavy (non-hydrogen) atoms. The van der Waals surface area contributed by atoms with Crippen molar-refractivity contribution in [2.45, 2.75) is 30.7 Å². The van der Waals surface area contributed by atoms with Gasteiger partial charge in [0, 0.05) is 12.2 Å². The molecule has 2 aliphatic heterocycles. The van der Waals surface area contributed by atoms with Crippen LogP contribution in [0.5, 0.6) is 0 Å². The van der Waals surface area contributed by atoms with Gasteiger partial charge >= 0.3 is 0 Å². The smallest absolute Gasteiger partial charge is 0.248 e. The molecule has 0 aromatic heterocycles. The molecule has 2 amide bonds. The van der Waals surface area contributed by atoms with Crippen LogP contribution in [0.3, 0.4) is 0 Å². The Morgan fingerprint density at radius 2 is 2.04 bits per heavy atom. The maximum atomic E-state index is 12.9. The van der Waals surface area contributed by atoms with Crippen molar-refractivity contribution < 1.29 is 9.59 Å². The molecule has 2 saturated heterocycles. The van der Waals surface area contributed by atoms with Crippen molar-refractivity contribution >= 4 is 40.9 Å². The van der Waals surface area contributed by atoms with Gasteiger partial charge in [0.15, 0.2) is 0 Å². The first-order chi connectivity index (χ1) is 12.5. The van der Waals surface area contributed by atoms with Crippen LogP contribution in [-0.4, -0.2) is 28.5 Å². The van der Waals surface area contributed by atoms with Crippen LogP contribution < -0.4 is 5.32 Å². The van der Waals surface area contributed by atoms with Gasteiger partial charge in [0.05, 0.1) is 10.7 Å². The van der Waals surface area contributed by atoms with Gasteiger partial charge in [0.1, 0.15) is 10.9 Å². The largest absolute Gasteiger partial charge is 0.323 e. The van der Waals surface area contributed by atoms with E-state index in [-0.39, 0.29) is 11.8 Å². The average molecular weight is 387 g/mol. The van der Waals surface area contributed by atoms with Crippen molar-refractivity contribution in [3.63, 3.8) is 0 Å². The third-order valence-corrected chi connectivity index (χ3v) is 6.95. The molecule has 0 aliphatic carbocycles. The molecule has 0 radical (unpaired) electrons. The van der Waals surface area contributed by atoms with Crippen molar-refractivity contribution in [3.05, 3.63) is 64.7 Å². The zero-order valence-electron chi connectivity index (χ0n) is 14.4. The monoisotopic (exact) mass is 386 g/mol. The molecule has 2 aromatic rings. The molecule has 2 aliphatic rings. The summed E-state index contributed by atoms with van der Waals surface area (Å²) in [7, 11) is 0. The number of amides is 2. The highest BCUT2D eigenvalue weighted by atomic mass is 35.5. The van der Waals surface area contributed by atoms with Crippen molar-refractivity contribution in [2.24, 2.45) is 0 Å². The van der Waals surface area contributed by atoms with Gasteiger partial charge < -0.3 is 10.2 Å². The molecule has 2 fully saturated rings. The highest BCUT2D eigenvalue weighted by Gasteiger charge is 2.56. The molecule has 134 valence electrons. The Kier molecular flexibility index (Phi) is 4.45. The maximum absolute atomic E-state index is 12.9. The number of halogens is 1. The molecular weight excluding hydrogens is 368 g/mol. The Bertz CT molecular complexity index is 873. The van der Waals surface area contributed by atoms with Crippen LogP contribution in [0.2, 0.25) is 5.02 Å². The third kappa shape index (κ3) is 2.79. The lowest BCUT2D eigenvalue weighted by atomic mass is 10.0. The topological polar surface area (TPSA) is 49.4 Å². The summed E-state index contributed by atoms with van der Waals surface area (Å²) in [6, 6.07) is 15.0. The third-order valence-electron chi connectivity index (χ3n) is 5.04. The van der Waals surface area contributed by atoms with Crippen molar-refractivity contribution in [3.8, 4) is 0 Å². The number of nitrogens with one attached hydrogen (secondary N) is 1. The van der Waals surface area contributed by atoms with Crippen LogP contribution in [0, 0.1) is 6.92 Å². The normalized spacial score (nSPS) is 24.6. The first kappa shape index (κ1) is 17.4. The zero-order valence-corrected chi connectivity index (χ0v) is 15.9. The molecule has 2 aromatic carbocycles. The number of carbonyl (C=O) groups is 2. The van der Waals surface area contributed by atoms with Crippen LogP contribution in [-0.2, 0) is 14.5 Å². The predicted molar refractivity (Wildman–Crippen MR) is 105 cm³/mol. The molecule has 0 bridgehead atoms. The number of thioether (sulfide) groups is 1. The van der Waals surface area contributed by atoms with E-state index in [0.29, 0.717) is 22.9 Å². The van der Waals surface area contributed by atoms with E-state index < -0.39 is 10.9 Å². The second-order valence-corrected chi connectivity index (χ2v) is 8.42. The van der Waals surface area contributed by atoms with E-state index in [1.807, 2.05) is 49.4 Å². The van der Waals surface area contributed by atoms with Crippen LogP contribution in [0.15, 0.2) is 48.5 Å². The summed E-state index contributed by atoms with van der Waals surface area (Å²) < 4.78 is 0. The summed E-state index contributed by atoms with van der Waals surface area (Å²) in [5, 5.41) is 3.41. The highest BCUT2D eigenvalue weighted by molar-refractivity contribution is 8.00. The molecule has 4 nitrogen and oxygen atoms in total. The fraction of sp³-hybridized carbons (Fsp3) is 0.300. The van der Waals surface area contributed by atoms with Gasteiger partial charge in [-0.2, -0.15) is 0 Å². The van der Waals surface area contributed by atoms with E-state index >= 15 is 0 Å². The standard InChI is InChI=1S/C20H19ClN2O2S/c1-13-7-8-16(15(21)11-13)22-19(25)17-12-26-20(10-9-18(24)23(17)20)14-5-3-2-4-6-14/h2-8,11,17H,9-10,12H2,1H3,(H,22,25)/t17-,20-/m1/s1. The van der Waals surface area contributed by atoms with Gasteiger partial charge in [0.2, 0.25) is 11.8 Å². The maximum Gasteiger partial charge on any atom is 0.248 e. The lowest BCUT2D eigenvalue weighted by molar-refractivity contribution is -0.136. The van der Waals surface area contributed by atoms with Crippen molar-refractivity contribution in [2.75, 3.05) is 11.1 Å². The van der Waals surface area contributed by atoms with E-state index in [0.717, 1.165) is 17.5 Å². The number of nitrogens with zero attached hydrogens (tertiary/aromatic N) is 1. The van der Waals surface area contributed by atoms with Gasteiger partial charge in [-0.1, -0.05) is 48.0 Å². The lowest BCUT2D eigenvalue weighted by Gasteiger charge is -2.34. The Labute approximate surface area is 161 Å². The second-order valence-electron chi connectivity index (χ2n) is 6.71. The molecule has 2 atom stereocenters. The summed E-state index contributed by atoms with van der Waals surface area (Å²) in [5.41, 5.74) is 2.69. The number of benzene rings is 2. The number of aryl methyl sites for hydroxylation is 1. The average Bonchev–Trinajstić information content (AvgIpc) is 3.18. The number of fused-ring (bicyclic) bond motifs is 1. The lowest BCUT2D eigenvalue weighted by Crippen LogP contribution is -2.48. The summed E-state index contributed by atoms with van der Waals surface area (Å²) in [6.07, 6.45) is 1.20. The molecule has 6 heteroatoms. The summed E-state index contributed by atoms with van der Waals surface area (Å²) in [6.45, 7) is 1.95. The Hall–Kier alpha value is -1.98. The molecule has 0 saturated carbocycles. The van der Waals surface area contributed by atoms with E-state index in [9.17, 15) is 9.59 Å². The number of hydrogen-bond acceptors (Lipinski definition) is 3. The SMILES string of the molecule is Cc1ccc(NC(=O)[C@H]2CS[C@@]3(c4ccccc4)CCC(=O)N23)c(Cl)c1. The zero-order chi connectivity index (χ0) is 18.3. The molecule has 2 heterocycles. The van der Waals surface area contributed by atoms with Gasteiger partial charge in [-0.05, 0) is 36.6 Å². The van der Waals surface area contributed by atoms with Crippen molar-refractivity contribution in [1.29, 1.82) is 0 Å². The molecule has 0 spiro atoms. The van der Waals surface area contributed by atoms with E-state index in [4.69, 9.17) is 11.6 Å². The molecule has 1 N–H and O–H groups in total. The summed E-state index contributed by atoms with van der Waals surface area (Å²) in [5.74, 6) is 0.431. The van der Waals surface area contributed by atoms with Crippen LogP contribution in [0.1, 0.15) is 24.0 Å². The Balaban J connectivity index is 1.62. The van der Waals surface area contributed by atoms with Crippen molar-refractivity contribution in [1.82, 2.24) is 4.90 Å². The fourth-order valence-electron chi connectivity index (χ4n) is 3.77. The number of carbonyl (C=O) groups excluding carboxylic acids is 2. The quantitative estimate of drug-likeness (QED) is 0.860. The van der Waals surface area contributed by atoms with Gasteiger partial charge in [-0.25, -0.2) is 0 Å². The minimum atomic E-state index is -0.493. The van der Waals surface area contributed by atoms with Gasteiger partial charge in [-0.15, -0.1) is 11.8 Å². The molecular formula is C20H19ClN2O2S. The van der Waals surface area contributed by atoms with E-state index in [2.05, 4.69) is 5.32 Å². The van der Waals surface area contributed by atoms with Crippen LogP contribution in [0.25, 0.3) is 0 Å². The highest BCUT2D eigenvalue weighted by Crippen LogP contribution is 2.54. The number of rotatable bonds is 3. The van der Waals surface area contributed by atoms with Crippen LogP contribution in [0.4, 0.5) is 5.69 Å². The van der Waals surface area contributed by atoms with Gasteiger partial charge in [0.25, 0.3) is 0 Å². The minimum Gasteiger partial charge on any atom is -0.323 e. The number of hydrogen-bond donors (Lipinski definition) is 1. The van der Waals surface area contributed by atoms with E-state index in [1.54, 1.807) is 22.7 Å². The number of anilines is 1. The summed E-state index contributed by atoms with van der Waals surface area (Å²) in [4.78, 5) is 26.9. The molecule has 0 unspecified atom stereocenters. The minimum absolute atomic E-state index is 0.0361. The predicted octanol–water partition coefficient (Wildman–Crippen LogP) is 4.18. The summed E-state index contributed by atoms with van der Waals surface area (Å²) >= 11 is 7.93. The van der Waals surface area contributed by atoms with Gasteiger partial charge in [-0.3, -0.25) is 9.59 Å². The van der Waals surface area contributed by atoms with Crippen LogP contribution >= 0.6 is 23.4 Å². The fourth-order valence-corrected chi connectivity index (χ4v) is 5.71. The second kappa shape index (κ2) is 6.63. The first-order valence-electron chi connectivity index (χ1n) is 8.60. The molecule has 4 rings (SSSR count). The Morgan fingerprint density at radius 1 is 1.27 bits per heavy atom.